The molecule has 3 nitrogen and oxygen atoms in total. The van der Waals surface area contributed by atoms with Gasteiger partial charge in [0.15, 0.2) is 0 Å². The minimum absolute atomic E-state index is 0.0819. The van der Waals surface area contributed by atoms with E-state index in [4.69, 9.17) is 5.11 Å². The fraction of sp³-hybridized carbons (Fsp3) is 0.500. The van der Waals surface area contributed by atoms with Gasteiger partial charge in [-0.1, -0.05) is 24.0 Å². The molecule has 1 aliphatic heterocycles. The van der Waals surface area contributed by atoms with Crippen LogP contribution in [0.1, 0.15) is 17.5 Å². The average Bonchev–Trinajstić information content (AvgIpc) is 2.87. The zero-order valence-electron chi connectivity index (χ0n) is 11.8. The number of nitrogens with zero attached hydrogens (tertiary/aromatic N) is 2. The predicted octanol–water partition coefficient (Wildman–Crippen LogP) is 1.17. The first-order valence-electron chi connectivity index (χ1n) is 6.76. The van der Waals surface area contributed by atoms with Crippen molar-refractivity contribution in [1.29, 1.82) is 0 Å². The number of aliphatic hydroxyl groups excluding tert-OH is 1. The van der Waals surface area contributed by atoms with Gasteiger partial charge >= 0.3 is 0 Å². The summed E-state index contributed by atoms with van der Waals surface area (Å²) in [6.07, 6.45) is 1.26. The summed E-state index contributed by atoms with van der Waals surface area (Å²) in [6.45, 7) is 3.26. The first-order chi connectivity index (χ1) is 9.19. The summed E-state index contributed by atoms with van der Waals surface area (Å²) in [6, 6.07) is 9.00. The summed E-state index contributed by atoms with van der Waals surface area (Å²) >= 11 is 0. The van der Waals surface area contributed by atoms with E-state index in [1.54, 1.807) is 0 Å². The van der Waals surface area contributed by atoms with Gasteiger partial charge in [0.05, 0.1) is 0 Å². The molecule has 1 aromatic rings. The van der Waals surface area contributed by atoms with Crippen molar-refractivity contribution < 1.29 is 5.11 Å². The van der Waals surface area contributed by atoms with Crippen LogP contribution in [0.3, 0.4) is 0 Å². The van der Waals surface area contributed by atoms with Crippen molar-refractivity contribution in [3.63, 3.8) is 0 Å². The molecule has 1 fully saturated rings. The van der Waals surface area contributed by atoms with Crippen LogP contribution in [0.25, 0.3) is 0 Å². The highest BCUT2D eigenvalue weighted by atomic mass is 16.2. The third kappa shape index (κ3) is 4.07. The van der Waals surface area contributed by atoms with Gasteiger partial charge in [0.1, 0.15) is 6.61 Å². The molecular weight excluding hydrogens is 236 g/mol. The maximum atomic E-state index is 8.66. The number of aliphatic hydroxyl groups is 1. The van der Waals surface area contributed by atoms with E-state index >= 15 is 0 Å². The summed E-state index contributed by atoms with van der Waals surface area (Å²) in [5, 5.41) is 8.66. The molecular formula is C16H22N2O. The lowest BCUT2D eigenvalue weighted by Crippen LogP contribution is -2.31. The van der Waals surface area contributed by atoms with Crippen molar-refractivity contribution in [2.75, 3.05) is 33.8 Å². The largest absolute Gasteiger partial charge is 0.384 e. The molecule has 1 aliphatic rings. The molecule has 0 amide bonds. The first-order valence-corrected chi connectivity index (χ1v) is 6.76. The summed E-state index contributed by atoms with van der Waals surface area (Å²) in [5.41, 5.74) is 2.29. The van der Waals surface area contributed by atoms with Crippen LogP contribution in [0, 0.1) is 11.8 Å². The summed E-state index contributed by atoms with van der Waals surface area (Å²) in [7, 11) is 4.31. The molecule has 0 bridgehead atoms. The van der Waals surface area contributed by atoms with Crippen LogP contribution in [0.4, 0.5) is 0 Å². The molecule has 2 rings (SSSR count). The highest BCUT2D eigenvalue weighted by Gasteiger charge is 2.23. The summed E-state index contributed by atoms with van der Waals surface area (Å²) < 4.78 is 0. The van der Waals surface area contributed by atoms with Crippen molar-refractivity contribution in [2.24, 2.45) is 0 Å². The van der Waals surface area contributed by atoms with Crippen LogP contribution in [0.15, 0.2) is 24.3 Å². The highest BCUT2D eigenvalue weighted by Crippen LogP contribution is 2.16. The van der Waals surface area contributed by atoms with E-state index < -0.39 is 0 Å². The van der Waals surface area contributed by atoms with Crippen LogP contribution >= 0.6 is 0 Å². The van der Waals surface area contributed by atoms with Crippen LogP contribution in [-0.2, 0) is 6.54 Å². The number of hydrogen-bond acceptors (Lipinski definition) is 3. The van der Waals surface area contributed by atoms with E-state index in [0.29, 0.717) is 6.04 Å². The smallest absolute Gasteiger partial charge is 0.104 e. The van der Waals surface area contributed by atoms with E-state index in [1.807, 2.05) is 12.1 Å². The van der Waals surface area contributed by atoms with Gasteiger partial charge in [-0.25, -0.2) is 0 Å². The highest BCUT2D eigenvalue weighted by molar-refractivity contribution is 5.36. The minimum Gasteiger partial charge on any atom is -0.384 e. The Morgan fingerprint density at radius 3 is 2.63 bits per heavy atom. The lowest BCUT2D eigenvalue weighted by atomic mass is 10.1. The Bertz CT molecular complexity index is 456. The van der Waals surface area contributed by atoms with Gasteiger partial charge in [0.25, 0.3) is 0 Å². The Kier molecular flexibility index (Phi) is 4.98. The second kappa shape index (κ2) is 6.72. The lowest BCUT2D eigenvalue weighted by Gasteiger charge is -2.20. The van der Waals surface area contributed by atoms with Crippen LogP contribution in [-0.4, -0.2) is 54.7 Å². The van der Waals surface area contributed by atoms with Crippen LogP contribution in [0.5, 0.6) is 0 Å². The molecule has 1 atom stereocenters. The molecule has 1 heterocycles. The number of likely N-dealkylation sites (tertiary alicyclic amines) is 1. The molecule has 0 aromatic heterocycles. The van der Waals surface area contributed by atoms with E-state index in [1.165, 1.54) is 18.5 Å². The Hall–Kier alpha value is -1.34. The number of benzene rings is 1. The second-order valence-electron chi connectivity index (χ2n) is 5.30. The van der Waals surface area contributed by atoms with Crippen molar-refractivity contribution in [2.45, 2.75) is 19.0 Å². The van der Waals surface area contributed by atoms with E-state index in [9.17, 15) is 0 Å². The monoisotopic (exact) mass is 258 g/mol. The lowest BCUT2D eigenvalue weighted by molar-refractivity contribution is 0.264. The standard InChI is InChI=1S/C16H22N2O/c1-17(2)16-9-10-18(13-16)12-15-7-5-14(6-8-15)4-3-11-19/h5-8,16,19H,9-13H2,1-2H3. The zero-order chi connectivity index (χ0) is 13.7. The third-order valence-corrected chi connectivity index (χ3v) is 3.65. The van der Waals surface area contributed by atoms with Gasteiger partial charge in [0.2, 0.25) is 0 Å². The molecule has 102 valence electrons. The molecule has 0 aliphatic carbocycles. The number of rotatable bonds is 3. The third-order valence-electron chi connectivity index (χ3n) is 3.65. The number of hydrogen-bond donors (Lipinski definition) is 1. The van der Waals surface area contributed by atoms with Gasteiger partial charge in [-0.15, -0.1) is 0 Å². The Labute approximate surface area is 115 Å². The Balaban J connectivity index is 1.90. The number of likely N-dealkylation sites (N-methyl/N-ethyl adjacent to an activating group) is 1. The Morgan fingerprint density at radius 2 is 2.05 bits per heavy atom. The Morgan fingerprint density at radius 1 is 1.32 bits per heavy atom. The molecule has 1 saturated heterocycles. The molecule has 1 unspecified atom stereocenters. The molecule has 1 aromatic carbocycles. The van der Waals surface area contributed by atoms with Gasteiger partial charge in [-0.2, -0.15) is 0 Å². The van der Waals surface area contributed by atoms with Crippen molar-refractivity contribution in [3.8, 4) is 11.8 Å². The van der Waals surface area contributed by atoms with Crippen molar-refractivity contribution >= 4 is 0 Å². The first kappa shape index (κ1) is 14.1. The fourth-order valence-corrected chi connectivity index (χ4v) is 2.47. The zero-order valence-corrected chi connectivity index (χ0v) is 11.8. The van der Waals surface area contributed by atoms with Crippen molar-refractivity contribution in [3.05, 3.63) is 35.4 Å². The molecule has 0 saturated carbocycles. The maximum Gasteiger partial charge on any atom is 0.104 e. The SMILES string of the molecule is CN(C)C1CCN(Cc2ccc(C#CCO)cc2)C1. The average molecular weight is 258 g/mol. The normalized spacial score (nSPS) is 19.5. The molecule has 0 radical (unpaired) electrons. The maximum absolute atomic E-state index is 8.66. The van der Waals surface area contributed by atoms with E-state index in [2.05, 4.69) is 47.9 Å². The predicted molar refractivity (Wildman–Crippen MR) is 77.8 cm³/mol. The van der Waals surface area contributed by atoms with E-state index in [-0.39, 0.29) is 6.61 Å². The van der Waals surface area contributed by atoms with Gasteiger partial charge in [-0.3, -0.25) is 4.90 Å². The second-order valence-corrected chi connectivity index (χ2v) is 5.30. The van der Waals surface area contributed by atoms with Crippen molar-refractivity contribution in [1.82, 2.24) is 9.80 Å². The summed E-state index contributed by atoms with van der Waals surface area (Å²) in [4.78, 5) is 4.81. The molecule has 19 heavy (non-hydrogen) atoms. The van der Waals surface area contributed by atoms with Crippen LogP contribution < -0.4 is 0 Å². The molecule has 0 spiro atoms. The molecule has 1 N–H and O–H groups in total. The van der Waals surface area contributed by atoms with Crippen LogP contribution in [0.2, 0.25) is 0 Å². The van der Waals surface area contributed by atoms with Gasteiger partial charge in [-0.05, 0) is 38.2 Å². The topological polar surface area (TPSA) is 26.7 Å². The summed E-state index contributed by atoms with van der Waals surface area (Å²) in [5.74, 6) is 5.58. The van der Waals surface area contributed by atoms with E-state index in [0.717, 1.165) is 18.7 Å². The quantitative estimate of drug-likeness (QED) is 0.824. The van der Waals surface area contributed by atoms with Gasteiger partial charge in [0, 0.05) is 31.2 Å². The van der Waals surface area contributed by atoms with Gasteiger partial charge < -0.3 is 10.0 Å². The fourth-order valence-electron chi connectivity index (χ4n) is 2.47. The molecule has 3 heteroatoms. The minimum atomic E-state index is -0.0819.